The third-order valence-corrected chi connectivity index (χ3v) is 1.46. The van der Waals surface area contributed by atoms with Gasteiger partial charge < -0.3 is 4.74 Å². The van der Waals surface area contributed by atoms with Crippen molar-refractivity contribution in [2.45, 2.75) is 20.0 Å². The Bertz CT molecular complexity index is 240. The van der Waals surface area contributed by atoms with Crippen LogP contribution in [0.3, 0.4) is 0 Å². The Balaban J connectivity index is 2.71. The van der Waals surface area contributed by atoms with Crippen molar-refractivity contribution in [3.63, 3.8) is 0 Å². The fraction of sp³-hybridized carbons (Fsp3) is 0.429. The quantitative estimate of drug-likeness (QED) is 0.765. The molecule has 60 valence electrons. The first-order valence-electron chi connectivity index (χ1n) is 3.32. The molecule has 0 bridgehead atoms. The maximum Gasteiger partial charge on any atom is 0.233 e. The highest BCUT2D eigenvalue weighted by molar-refractivity contribution is 14.1. The van der Waals surface area contributed by atoms with Crippen LogP contribution in [0.15, 0.2) is 12.4 Å². The first-order chi connectivity index (χ1) is 5.18. The second-order valence-electron chi connectivity index (χ2n) is 2.35. The summed E-state index contributed by atoms with van der Waals surface area (Å²) in [6.45, 7) is 3.92. The van der Waals surface area contributed by atoms with Crippen LogP contribution in [0.2, 0.25) is 0 Å². The average Bonchev–Trinajstić information content (AvgIpc) is 1.85. The Morgan fingerprint density at radius 2 is 2.18 bits per heavy atom. The first kappa shape index (κ1) is 8.70. The maximum atomic E-state index is 5.32. The highest BCUT2D eigenvalue weighted by atomic mass is 127. The van der Waals surface area contributed by atoms with Gasteiger partial charge in [0.05, 0.1) is 18.5 Å². The summed E-state index contributed by atoms with van der Waals surface area (Å²) in [6.07, 6.45) is 3.46. The zero-order valence-corrected chi connectivity index (χ0v) is 8.57. The summed E-state index contributed by atoms with van der Waals surface area (Å²) in [5.41, 5.74) is 0. The lowest BCUT2D eigenvalue weighted by molar-refractivity contribution is 0.231. The van der Waals surface area contributed by atoms with Gasteiger partial charge in [-0.3, -0.25) is 4.98 Å². The van der Waals surface area contributed by atoms with Gasteiger partial charge in [0.15, 0.2) is 0 Å². The lowest BCUT2D eigenvalue weighted by atomic mass is 10.5. The lowest BCUT2D eigenvalue weighted by Crippen LogP contribution is -2.07. The van der Waals surface area contributed by atoms with E-state index in [1.54, 1.807) is 12.4 Å². The van der Waals surface area contributed by atoms with Crippen LogP contribution in [0.25, 0.3) is 0 Å². The molecule has 0 saturated heterocycles. The molecule has 1 aromatic heterocycles. The normalized spacial score (nSPS) is 10.2. The molecule has 1 rings (SSSR count). The van der Waals surface area contributed by atoms with Gasteiger partial charge in [0, 0.05) is 0 Å². The second kappa shape index (κ2) is 3.85. The van der Waals surface area contributed by atoms with E-state index in [1.807, 2.05) is 13.8 Å². The van der Waals surface area contributed by atoms with Crippen molar-refractivity contribution in [3.05, 3.63) is 16.1 Å². The van der Waals surface area contributed by atoms with Gasteiger partial charge in [0.25, 0.3) is 0 Å². The zero-order valence-electron chi connectivity index (χ0n) is 6.41. The van der Waals surface area contributed by atoms with E-state index in [-0.39, 0.29) is 6.10 Å². The number of halogens is 1. The topological polar surface area (TPSA) is 35.0 Å². The molecule has 0 saturated carbocycles. The van der Waals surface area contributed by atoms with E-state index in [4.69, 9.17) is 4.74 Å². The summed E-state index contributed by atoms with van der Waals surface area (Å²) in [6, 6.07) is 0. The molecule has 0 unspecified atom stereocenters. The van der Waals surface area contributed by atoms with E-state index in [1.165, 1.54) is 0 Å². The highest BCUT2D eigenvalue weighted by Gasteiger charge is 1.98. The van der Waals surface area contributed by atoms with Gasteiger partial charge in [0.1, 0.15) is 3.70 Å². The van der Waals surface area contributed by atoms with Crippen molar-refractivity contribution in [1.29, 1.82) is 0 Å². The summed E-state index contributed by atoms with van der Waals surface area (Å²) in [5.74, 6) is 0.590. The van der Waals surface area contributed by atoms with E-state index in [0.29, 0.717) is 5.88 Å². The number of hydrogen-bond donors (Lipinski definition) is 0. The van der Waals surface area contributed by atoms with E-state index in [2.05, 4.69) is 32.6 Å². The summed E-state index contributed by atoms with van der Waals surface area (Å²) >= 11 is 2.10. The predicted molar refractivity (Wildman–Crippen MR) is 50.5 cm³/mol. The molecule has 0 fully saturated rings. The molecular formula is C7H9IN2O. The van der Waals surface area contributed by atoms with Gasteiger partial charge in [-0.15, -0.1) is 0 Å². The SMILES string of the molecule is CC(C)Oc1cncc(I)n1. The lowest BCUT2D eigenvalue weighted by Gasteiger charge is -2.06. The fourth-order valence-electron chi connectivity index (χ4n) is 0.624. The smallest absolute Gasteiger partial charge is 0.233 e. The van der Waals surface area contributed by atoms with Crippen molar-refractivity contribution in [2.75, 3.05) is 0 Å². The Morgan fingerprint density at radius 3 is 2.73 bits per heavy atom. The first-order valence-corrected chi connectivity index (χ1v) is 4.40. The summed E-state index contributed by atoms with van der Waals surface area (Å²) in [5, 5.41) is 0. The molecular weight excluding hydrogens is 255 g/mol. The summed E-state index contributed by atoms with van der Waals surface area (Å²) in [4.78, 5) is 8.06. The fourth-order valence-corrected chi connectivity index (χ4v) is 1.02. The number of aromatic nitrogens is 2. The Morgan fingerprint density at radius 1 is 1.45 bits per heavy atom. The Kier molecular flexibility index (Phi) is 3.04. The number of nitrogens with zero attached hydrogens (tertiary/aromatic N) is 2. The van der Waals surface area contributed by atoms with Crippen LogP contribution in [-0.2, 0) is 0 Å². The van der Waals surface area contributed by atoms with E-state index < -0.39 is 0 Å². The second-order valence-corrected chi connectivity index (χ2v) is 3.45. The Hall–Kier alpha value is -0.390. The predicted octanol–water partition coefficient (Wildman–Crippen LogP) is 1.87. The standard InChI is InChI=1S/C7H9IN2O/c1-5(2)11-7-4-9-3-6(8)10-7/h3-5H,1-2H3. The van der Waals surface area contributed by atoms with Crippen molar-refractivity contribution in [1.82, 2.24) is 9.97 Å². The molecule has 1 aromatic rings. The van der Waals surface area contributed by atoms with Gasteiger partial charge in [-0.25, -0.2) is 4.98 Å². The van der Waals surface area contributed by atoms with Gasteiger partial charge in [-0.2, -0.15) is 0 Å². The zero-order chi connectivity index (χ0) is 8.27. The van der Waals surface area contributed by atoms with Gasteiger partial charge >= 0.3 is 0 Å². The molecule has 0 spiro atoms. The van der Waals surface area contributed by atoms with Gasteiger partial charge in [0.2, 0.25) is 5.88 Å². The molecule has 0 radical (unpaired) electrons. The van der Waals surface area contributed by atoms with Crippen LogP contribution in [0, 0.1) is 3.70 Å². The third-order valence-electron chi connectivity index (χ3n) is 0.939. The van der Waals surface area contributed by atoms with Crippen molar-refractivity contribution in [3.8, 4) is 5.88 Å². The van der Waals surface area contributed by atoms with Gasteiger partial charge in [-0.1, -0.05) is 0 Å². The van der Waals surface area contributed by atoms with Crippen LogP contribution in [-0.4, -0.2) is 16.1 Å². The average molecular weight is 264 g/mol. The minimum absolute atomic E-state index is 0.155. The van der Waals surface area contributed by atoms with Crippen LogP contribution in [0.5, 0.6) is 5.88 Å². The molecule has 0 aliphatic carbocycles. The molecule has 3 nitrogen and oxygen atoms in total. The molecule has 1 heterocycles. The molecule has 11 heavy (non-hydrogen) atoms. The molecule has 0 N–H and O–H groups in total. The third kappa shape index (κ3) is 3.00. The van der Waals surface area contributed by atoms with Crippen LogP contribution < -0.4 is 4.74 Å². The number of ether oxygens (including phenoxy) is 1. The van der Waals surface area contributed by atoms with E-state index >= 15 is 0 Å². The van der Waals surface area contributed by atoms with Crippen molar-refractivity contribution >= 4 is 22.6 Å². The monoisotopic (exact) mass is 264 g/mol. The van der Waals surface area contributed by atoms with Gasteiger partial charge in [-0.05, 0) is 36.4 Å². The van der Waals surface area contributed by atoms with Crippen molar-refractivity contribution < 1.29 is 4.74 Å². The molecule has 0 aliphatic heterocycles. The van der Waals surface area contributed by atoms with E-state index in [0.717, 1.165) is 3.70 Å². The number of rotatable bonds is 2. The van der Waals surface area contributed by atoms with Crippen molar-refractivity contribution in [2.24, 2.45) is 0 Å². The number of hydrogen-bond acceptors (Lipinski definition) is 3. The van der Waals surface area contributed by atoms with Crippen LogP contribution in [0.4, 0.5) is 0 Å². The Labute approximate surface area is 79.3 Å². The largest absolute Gasteiger partial charge is 0.474 e. The minimum atomic E-state index is 0.155. The molecule has 0 amide bonds. The highest BCUT2D eigenvalue weighted by Crippen LogP contribution is 2.08. The minimum Gasteiger partial charge on any atom is -0.474 e. The molecule has 0 aliphatic rings. The van der Waals surface area contributed by atoms with Crippen LogP contribution in [0.1, 0.15) is 13.8 Å². The van der Waals surface area contributed by atoms with E-state index in [9.17, 15) is 0 Å². The summed E-state index contributed by atoms with van der Waals surface area (Å²) in [7, 11) is 0. The summed E-state index contributed by atoms with van der Waals surface area (Å²) < 4.78 is 6.16. The molecule has 0 aromatic carbocycles. The molecule has 0 atom stereocenters. The van der Waals surface area contributed by atoms with Crippen LogP contribution >= 0.6 is 22.6 Å². The molecule has 4 heteroatoms. The maximum absolute atomic E-state index is 5.32.